The Hall–Kier alpha value is -2.37. The summed E-state index contributed by atoms with van der Waals surface area (Å²) in [5, 5.41) is 8.97. The number of anilines is 1. The highest BCUT2D eigenvalue weighted by Crippen LogP contribution is 2.32. The lowest BCUT2D eigenvalue weighted by Gasteiger charge is -2.37. The number of rotatable bonds is 5. The Balaban J connectivity index is 1.72. The standard InChI is InChI=1S/C21H28N2O4/c1-14-6-5-8-18(15(14)2)23-13-16(12-19(23)24)21(27)22-11-4-3-7-17(22)9-10-20(25)26/h5-6,8,16-17H,3-4,7,9-13H2,1-2H3,(H,25,26). The topological polar surface area (TPSA) is 77.9 Å². The first-order valence-corrected chi connectivity index (χ1v) is 9.77. The zero-order valence-corrected chi connectivity index (χ0v) is 16.1. The number of amides is 2. The van der Waals surface area contributed by atoms with Crippen LogP contribution in [0.25, 0.3) is 0 Å². The highest BCUT2D eigenvalue weighted by atomic mass is 16.4. The van der Waals surface area contributed by atoms with Crippen molar-refractivity contribution in [1.82, 2.24) is 4.90 Å². The molecule has 1 aromatic carbocycles. The quantitative estimate of drug-likeness (QED) is 0.862. The van der Waals surface area contributed by atoms with Gasteiger partial charge in [-0.3, -0.25) is 14.4 Å². The van der Waals surface area contributed by atoms with Crippen LogP contribution in [0.1, 0.15) is 49.7 Å². The van der Waals surface area contributed by atoms with Crippen molar-refractivity contribution in [3.8, 4) is 0 Å². The molecule has 6 heteroatoms. The monoisotopic (exact) mass is 372 g/mol. The molecule has 27 heavy (non-hydrogen) atoms. The van der Waals surface area contributed by atoms with Gasteiger partial charge in [-0.05, 0) is 56.7 Å². The molecule has 0 aliphatic carbocycles. The normalized spacial score (nSPS) is 23.0. The van der Waals surface area contributed by atoms with E-state index in [1.807, 2.05) is 36.9 Å². The molecular formula is C21H28N2O4. The van der Waals surface area contributed by atoms with Gasteiger partial charge < -0.3 is 14.9 Å². The van der Waals surface area contributed by atoms with Crippen molar-refractivity contribution < 1.29 is 19.5 Å². The first-order valence-electron chi connectivity index (χ1n) is 9.77. The minimum absolute atomic E-state index is 0.00578. The minimum atomic E-state index is -0.829. The number of piperidine rings is 1. The van der Waals surface area contributed by atoms with Crippen molar-refractivity contribution in [3.05, 3.63) is 29.3 Å². The zero-order chi connectivity index (χ0) is 19.6. The number of likely N-dealkylation sites (tertiary alicyclic amines) is 1. The van der Waals surface area contributed by atoms with Crippen molar-refractivity contribution in [3.63, 3.8) is 0 Å². The maximum absolute atomic E-state index is 13.1. The fourth-order valence-electron chi connectivity index (χ4n) is 4.25. The lowest BCUT2D eigenvalue weighted by atomic mass is 9.95. The molecule has 146 valence electrons. The third-order valence-corrected chi connectivity index (χ3v) is 5.94. The number of hydrogen-bond acceptors (Lipinski definition) is 3. The summed E-state index contributed by atoms with van der Waals surface area (Å²) in [4.78, 5) is 40.2. The summed E-state index contributed by atoms with van der Waals surface area (Å²) in [7, 11) is 0. The Morgan fingerprint density at radius 1 is 1.22 bits per heavy atom. The molecule has 2 aliphatic heterocycles. The molecule has 1 N–H and O–H groups in total. The molecule has 6 nitrogen and oxygen atoms in total. The van der Waals surface area contributed by atoms with Gasteiger partial charge in [0.25, 0.3) is 0 Å². The fraction of sp³-hybridized carbons (Fsp3) is 0.571. The summed E-state index contributed by atoms with van der Waals surface area (Å²) >= 11 is 0. The van der Waals surface area contributed by atoms with Crippen LogP contribution in [-0.2, 0) is 14.4 Å². The Bertz CT molecular complexity index is 746. The molecule has 2 saturated heterocycles. The van der Waals surface area contributed by atoms with Crippen LogP contribution in [0.3, 0.4) is 0 Å². The Morgan fingerprint density at radius 2 is 2.00 bits per heavy atom. The number of nitrogens with zero attached hydrogens (tertiary/aromatic N) is 2. The average Bonchev–Trinajstić information content (AvgIpc) is 3.03. The molecule has 3 rings (SSSR count). The van der Waals surface area contributed by atoms with E-state index in [9.17, 15) is 14.4 Å². The van der Waals surface area contributed by atoms with E-state index < -0.39 is 5.97 Å². The molecule has 0 spiro atoms. The lowest BCUT2D eigenvalue weighted by molar-refractivity contribution is -0.142. The van der Waals surface area contributed by atoms with Crippen molar-refractivity contribution in [2.24, 2.45) is 5.92 Å². The van der Waals surface area contributed by atoms with Crippen LogP contribution in [0.15, 0.2) is 18.2 Å². The van der Waals surface area contributed by atoms with E-state index in [2.05, 4.69) is 0 Å². The first kappa shape index (κ1) is 19.4. The van der Waals surface area contributed by atoms with Crippen LogP contribution < -0.4 is 4.90 Å². The second-order valence-corrected chi connectivity index (χ2v) is 7.74. The van der Waals surface area contributed by atoms with Crippen molar-refractivity contribution in [2.75, 3.05) is 18.0 Å². The fourth-order valence-corrected chi connectivity index (χ4v) is 4.25. The van der Waals surface area contributed by atoms with Crippen molar-refractivity contribution in [1.29, 1.82) is 0 Å². The van der Waals surface area contributed by atoms with Gasteiger partial charge in [-0.1, -0.05) is 12.1 Å². The molecule has 0 bridgehead atoms. The van der Waals surface area contributed by atoms with E-state index in [1.165, 1.54) is 0 Å². The predicted octanol–water partition coefficient (Wildman–Crippen LogP) is 2.90. The summed E-state index contributed by atoms with van der Waals surface area (Å²) in [6, 6.07) is 5.87. The van der Waals surface area contributed by atoms with E-state index in [0.717, 1.165) is 36.1 Å². The molecule has 0 radical (unpaired) electrons. The van der Waals surface area contributed by atoms with E-state index in [0.29, 0.717) is 19.5 Å². The van der Waals surface area contributed by atoms with Gasteiger partial charge in [0.05, 0.1) is 5.92 Å². The highest BCUT2D eigenvalue weighted by molar-refractivity contribution is 6.01. The average molecular weight is 372 g/mol. The van der Waals surface area contributed by atoms with E-state index in [4.69, 9.17) is 5.11 Å². The molecule has 2 atom stereocenters. The van der Waals surface area contributed by atoms with Gasteiger partial charge in [0.1, 0.15) is 0 Å². The second-order valence-electron chi connectivity index (χ2n) is 7.74. The summed E-state index contributed by atoms with van der Waals surface area (Å²) in [6.45, 7) is 5.09. The Labute approximate surface area is 160 Å². The predicted molar refractivity (Wildman–Crippen MR) is 103 cm³/mol. The van der Waals surface area contributed by atoms with Crippen molar-refractivity contribution in [2.45, 2.75) is 58.4 Å². The van der Waals surface area contributed by atoms with E-state index >= 15 is 0 Å². The van der Waals surface area contributed by atoms with Crippen LogP contribution >= 0.6 is 0 Å². The molecule has 2 fully saturated rings. The van der Waals surface area contributed by atoms with Crippen LogP contribution in [0.2, 0.25) is 0 Å². The molecule has 2 aliphatic rings. The van der Waals surface area contributed by atoms with Gasteiger partial charge >= 0.3 is 5.97 Å². The second kappa shape index (κ2) is 8.11. The van der Waals surface area contributed by atoms with Crippen LogP contribution in [-0.4, -0.2) is 46.9 Å². The number of carbonyl (C=O) groups is 3. The highest BCUT2D eigenvalue weighted by Gasteiger charge is 2.39. The van der Waals surface area contributed by atoms with Crippen LogP contribution in [0.4, 0.5) is 5.69 Å². The van der Waals surface area contributed by atoms with Crippen LogP contribution in [0.5, 0.6) is 0 Å². The lowest BCUT2D eigenvalue weighted by Crippen LogP contribution is -2.47. The summed E-state index contributed by atoms with van der Waals surface area (Å²) in [5.74, 6) is -1.18. The number of benzene rings is 1. The van der Waals surface area contributed by atoms with Gasteiger partial charge in [-0.25, -0.2) is 0 Å². The SMILES string of the molecule is Cc1cccc(N2CC(C(=O)N3CCCCC3CCC(=O)O)CC2=O)c1C. The molecule has 2 amide bonds. The van der Waals surface area contributed by atoms with Gasteiger partial charge in [0.2, 0.25) is 11.8 Å². The van der Waals surface area contributed by atoms with Crippen LogP contribution in [0, 0.1) is 19.8 Å². The van der Waals surface area contributed by atoms with Gasteiger partial charge in [-0.2, -0.15) is 0 Å². The summed E-state index contributed by atoms with van der Waals surface area (Å²) < 4.78 is 0. The maximum atomic E-state index is 13.1. The van der Waals surface area contributed by atoms with Gasteiger partial charge in [0, 0.05) is 37.7 Å². The Morgan fingerprint density at radius 3 is 2.74 bits per heavy atom. The third kappa shape index (κ3) is 4.15. The first-order chi connectivity index (χ1) is 12.9. The number of aryl methyl sites for hydroxylation is 1. The number of carboxylic acids is 1. The molecule has 0 aromatic heterocycles. The number of carboxylic acid groups (broad SMARTS) is 1. The molecule has 2 unspecified atom stereocenters. The van der Waals surface area contributed by atoms with Gasteiger partial charge in [-0.15, -0.1) is 0 Å². The van der Waals surface area contributed by atoms with Gasteiger partial charge in [0.15, 0.2) is 0 Å². The molecular weight excluding hydrogens is 344 g/mol. The summed E-state index contributed by atoms with van der Waals surface area (Å²) in [6.07, 6.45) is 3.60. The maximum Gasteiger partial charge on any atom is 0.303 e. The molecule has 0 saturated carbocycles. The van der Waals surface area contributed by atoms with E-state index in [1.54, 1.807) is 4.90 Å². The number of aliphatic carboxylic acids is 1. The number of hydrogen-bond donors (Lipinski definition) is 1. The minimum Gasteiger partial charge on any atom is -0.481 e. The van der Waals surface area contributed by atoms with Crippen molar-refractivity contribution >= 4 is 23.5 Å². The smallest absolute Gasteiger partial charge is 0.303 e. The zero-order valence-electron chi connectivity index (χ0n) is 16.1. The molecule has 1 aromatic rings. The largest absolute Gasteiger partial charge is 0.481 e. The Kier molecular flexibility index (Phi) is 5.82. The van der Waals surface area contributed by atoms with E-state index in [-0.39, 0.29) is 36.6 Å². The summed E-state index contributed by atoms with van der Waals surface area (Å²) in [5.41, 5.74) is 3.08. The molecule has 2 heterocycles. The number of carbonyl (C=O) groups excluding carboxylic acids is 2. The third-order valence-electron chi connectivity index (χ3n) is 5.94.